The van der Waals surface area contributed by atoms with E-state index >= 15 is 0 Å². The van der Waals surface area contributed by atoms with Crippen LogP contribution >= 0.6 is 11.8 Å². The highest BCUT2D eigenvalue weighted by molar-refractivity contribution is 6.24. The topological polar surface area (TPSA) is 41.1 Å². The van der Waals surface area contributed by atoms with Gasteiger partial charge in [-0.05, 0) is 18.2 Å². The summed E-state index contributed by atoms with van der Waals surface area (Å²) in [6.45, 7) is 1.46. The van der Waals surface area contributed by atoms with Gasteiger partial charge in [-0.25, -0.2) is 0 Å². The Morgan fingerprint density at radius 3 is 2.67 bits per heavy atom. The van der Waals surface area contributed by atoms with Crippen LogP contribution in [0, 0.1) is 0 Å². The number of halogens is 1. The molecule has 0 heterocycles. The summed E-state index contributed by atoms with van der Waals surface area (Å²) < 4.78 is 0. The second-order valence-corrected chi connectivity index (χ2v) is 2.55. The van der Waals surface area contributed by atoms with Crippen molar-refractivity contribution in [2.24, 2.45) is 0 Å². The molecule has 2 N–H and O–H groups in total. The lowest BCUT2D eigenvalue weighted by Gasteiger charge is -2.03. The maximum atomic E-state index is 10.6. The van der Waals surface area contributed by atoms with Gasteiger partial charge in [0.15, 0.2) is 0 Å². The maximum Gasteiger partial charge on any atom is 0.221 e. The highest BCUT2D eigenvalue weighted by atomic mass is 35.5. The second-order valence-electron chi connectivity index (χ2n) is 2.36. The Labute approximate surface area is 75.8 Å². The summed E-state index contributed by atoms with van der Waals surface area (Å²) in [6, 6.07) is 7.14. The predicted octanol–water partition coefficient (Wildman–Crippen LogP) is 2.21. The van der Waals surface area contributed by atoms with Crippen LogP contribution in [-0.2, 0) is 4.79 Å². The molecule has 0 bridgehead atoms. The minimum atomic E-state index is -0.0956. The first kappa shape index (κ1) is 8.87. The molecule has 0 spiro atoms. The number of hydrogen-bond acceptors (Lipinski definition) is 2. The lowest BCUT2D eigenvalue weighted by molar-refractivity contribution is -0.114. The molecule has 1 aromatic carbocycles. The van der Waals surface area contributed by atoms with Crippen molar-refractivity contribution in [2.75, 3.05) is 10.2 Å². The van der Waals surface area contributed by atoms with Crippen LogP contribution in [0.15, 0.2) is 24.3 Å². The molecule has 1 amide bonds. The number of anilines is 2. The molecular weight excluding hydrogens is 176 g/mol. The molecule has 0 atom stereocenters. The summed E-state index contributed by atoms with van der Waals surface area (Å²) in [5, 5.41) is 2.64. The van der Waals surface area contributed by atoms with E-state index in [1.54, 1.807) is 24.3 Å². The SMILES string of the molecule is CC(=O)Nc1cccc(NCl)c1. The van der Waals surface area contributed by atoms with Crippen molar-refractivity contribution in [3.63, 3.8) is 0 Å². The second kappa shape index (κ2) is 3.97. The lowest BCUT2D eigenvalue weighted by atomic mass is 10.3. The molecule has 0 aliphatic heterocycles. The van der Waals surface area contributed by atoms with Crippen LogP contribution < -0.4 is 10.2 Å². The molecule has 1 rings (SSSR count). The Morgan fingerprint density at radius 2 is 2.08 bits per heavy atom. The summed E-state index contributed by atoms with van der Waals surface area (Å²) in [6.07, 6.45) is 0. The zero-order chi connectivity index (χ0) is 8.97. The van der Waals surface area contributed by atoms with Gasteiger partial charge in [-0.2, -0.15) is 0 Å². The monoisotopic (exact) mass is 184 g/mol. The fourth-order valence-electron chi connectivity index (χ4n) is 0.859. The van der Waals surface area contributed by atoms with Gasteiger partial charge >= 0.3 is 0 Å². The highest BCUT2D eigenvalue weighted by Gasteiger charge is 1.95. The van der Waals surface area contributed by atoms with E-state index in [0.29, 0.717) is 0 Å². The summed E-state index contributed by atoms with van der Waals surface area (Å²) in [7, 11) is 0. The Morgan fingerprint density at radius 1 is 1.42 bits per heavy atom. The molecule has 4 heteroatoms. The number of amides is 1. The van der Waals surface area contributed by atoms with E-state index in [9.17, 15) is 4.79 Å². The summed E-state index contributed by atoms with van der Waals surface area (Å²) in [5.41, 5.74) is 1.48. The van der Waals surface area contributed by atoms with Crippen molar-refractivity contribution in [1.82, 2.24) is 0 Å². The van der Waals surface area contributed by atoms with Gasteiger partial charge in [-0.3, -0.25) is 9.63 Å². The van der Waals surface area contributed by atoms with E-state index < -0.39 is 0 Å². The molecule has 0 unspecified atom stereocenters. The van der Waals surface area contributed by atoms with Crippen LogP contribution in [0.2, 0.25) is 0 Å². The van der Waals surface area contributed by atoms with Crippen LogP contribution in [0.1, 0.15) is 6.92 Å². The third-order valence-electron chi connectivity index (χ3n) is 1.29. The van der Waals surface area contributed by atoms with Crippen LogP contribution in [0.4, 0.5) is 11.4 Å². The quantitative estimate of drug-likeness (QED) is 0.692. The van der Waals surface area contributed by atoms with Crippen molar-refractivity contribution in [3.8, 4) is 0 Å². The average molecular weight is 185 g/mol. The van der Waals surface area contributed by atoms with Gasteiger partial charge in [-0.1, -0.05) is 6.07 Å². The normalized spacial score (nSPS) is 9.17. The minimum absolute atomic E-state index is 0.0956. The molecule has 64 valence electrons. The lowest BCUT2D eigenvalue weighted by Crippen LogP contribution is -2.05. The van der Waals surface area contributed by atoms with Crippen molar-refractivity contribution >= 4 is 29.1 Å². The zero-order valence-corrected chi connectivity index (χ0v) is 7.35. The summed E-state index contributed by atoms with van der Waals surface area (Å²) in [4.78, 5) is 13.1. The molecule has 0 radical (unpaired) electrons. The van der Waals surface area contributed by atoms with Crippen molar-refractivity contribution in [2.45, 2.75) is 6.92 Å². The van der Waals surface area contributed by atoms with Crippen LogP contribution in [0.3, 0.4) is 0 Å². The van der Waals surface area contributed by atoms with Crippen molar-refractivity contribution < 1.29 is 4.79 Å². The largest absolute Gasteiger partial charge is 0.326 e. The van der Waals surface area contributed by atoms with E-state index in [1.165, 1.54) is 6.92 Å². The number of carbonyl (C=O) groups excluding carboxylic acids is 1. The Kier molecular flexibility index (Phi) is 2.94. The van der Waals surface area contributed by atoms with Crippen LogP contribution in [0.25, 0.3) is 0 Å². The van der Waals surface area contributed by atoms with Crippen molar-refractivity contribution in [3.05, 3.63) is 24.3 Å². The molecule has 1 aromatic rings. The molecule has 0 saturated carbocycles. The Bertz CT molecular complexity index is 288. The van der Waals surface area contributed by atoms with E-state index in [4.69, 9.17) is 11.8 Å². The molecule has 3 nitrogen and oxygen atoms in total. The standard InChI is InChI=1S/C8H9ClN2O/c1-6(12)10-7-3-2-4-8(5-7)11-9/h2-5,11H,1H3,(H,10,12). The molecule has 0 aliphatic carbocycles. The minimum Gasteiger partial charge on any atom is -0.326 e. The van der Waals surface area contributed by atoms with E-state index in [1.807, 2.05) is 0 Å². The van der Waals surface area contributed by atoms with Gasteiger partial charge in [-0.15, -0.1) is 0 Å². The molecule has 0 aliphatic rings. The number of hydrogen-bond donors (Lipinski definition) is 2. The smallest absolute Gasteiger partial charge is 0.221 e. The summed E-state index contributed by atoms with van der Waals surface area (Å²) >= 11 is 5.37. The van der Waals surface area contributed by atoms with E-state index in [-0.39, 0.29) is 5.91 Å². The Hall–Kier alpha value is -1.22. The third kappa shape index (κ3) is 2.43. The first-order valence-corrected chi connectivity index (χ1v) is 3.84. The maximum absolute atomic E-state index is 10.6. The van der Waals surface area contributed by atoms with Gasteiger partial charge in [0.25, 0.3) is 0 Å². The highest BCUT2D eigenvalue weighted by Crippen LogP contribution is 2.15. The van der Waals surface area contributed by atoms with Crippen molar-refractivity contribution in [1.29, 1.82) is 0 Å². The van der Waals surface area contributed by atoms with Crippen LogP contribution in [0.5, 0.6) is 0 Å². The zero-order valence-electron chi connectivity index (χ0n) is 6.60. The number of nitrogens with one attached hydrogen (secondary N) is 2. The fraction of sp³-hybridized carbons (Fsp3) is 0.125. The molecule has 12 heavy (non-hydrogen) atoms. The van der Waals surface area contributed by atoms with Gasteiger partial charge in [0.2, 0.25) is 5.91 Å². The predicted molar refractivity (Wildman–Crippen MR) is 50.2 cm³/mol. The summed E-state index contributed by atoms with van der Waals surface area (Å²) in [5.74, 6) is -0.0956. The number of carbonyl (C=O) groups is 1. The van der Waals surface area contributed by atoms with Gasteiger partial charge in [0.1, 0.15) is 0 Å². The third-order valence-corrected chi connectivity index (χ3v) is 1.51. The molecule has 0 fully saturated rings. The van der Waals surface area contributed by atoms with Gasteiger partial charge in [0, 0.05) is 24.4 Å². The molecular formula is C8H9ClN2O. The fourth-order valence-corrected chi connectivity index (χ4v) is 0.977. The van der Waals surface area contributed by atoms with E-state index in [2.05, 4.69) is 10.2 Å². The van der Waals surface area contributed by atoms with E-state index in [0.717, 1.165) is 11.4 Å². The first-order chi connectivity index (χ1) is 5.72. The first-order valence-electron chi connectivity index (χ1n) is 3.46. The van der Waals surface area contributed by atoms with Gasteiger partial charge < -0.3 is 5.32 Å². The van der Waals surface area contributed by atoms with Crippen LogP contribution in [-0.4, -0.2) is 5.91 Å². The Balaban J connectivity index is 2.79. The number of benzene rings is 1. The molecule has 0 saturated heterocycles. The average Bonchev–Trinajstić information content (AvgIpc) is 2.03. The van der Waals surface area contributed by atoms with Gasteiger partial charge in [0.05, 0.1) is 5.69 Å². The molecule has 0 aromatic heterocycles. The number of rotatable bonds is 2.